The first-order chi connectivity index (χ1) is 18.3. The van der Waals surface area contributed by atoms with Crippen molar-refractivity contribution in [2.45, 2.75) is 39.3 Å². The maximum absolute atomic E-state index is 13.3. The van der Waals surface area contributed by atoms with Crippen LogP contribution in [0.2, 0.25) is 0 Å². The minimum atomic E-state index is -0.428. The van der Waals surface area contributed by atoms with E-state index in [1.807, 2.05) is 0 Å². The molecule has 0 radical (unpaired) electrons. The van der Waals surface area contributed by atoms with Gasteiger partial charge >= 0.3 is 11.7 Å². The number of benzene rings is 2. The largest absolute Gasteiger partial charge is 0.383 e. The molecule has 3 aromatic rings. The fraction of sp³-hybridized carbons (Fsp3) is 0.429. The Kier molecular flexibility index (Phi) is 8.75. The number of ketones is 1. The van der Waals surface area contributed by atoms with Gasteiger partial charge in [-0.05, 0) is 63.2 Å². The van der Waals surface area contributed by atoms with E-state index in [9.17, 15) is 19.2 Å². The lowest BCUT2D eigenvalue weighted by molar-refractivity contribution is 0.101. The Labute approximate surface area is 221 Å². The second kappa shape index (κ2) is 12.2. The molecule has 1 saturated heterocycles. The van der Waals surface area contributed by atoms with Gasteiger partial charge in [-0.15, -0.1) is 0 Å². The standard InChI is InChI=1S/C28H35N5O5/c1-20(34)21-8-7-9-23(18-21)30(2)27(36)29-22-10-11-25-24(19-22)26(35)33(16-17-38-3)28(37)32(25)15-14-31-12-5-4-6-13-31/h7-11,18-19H,4-6,12-17H2,1-3H3,(H,29,36). The first kappa shape index (κ1) is 27.3. The molecule has 0 atom stereocenters. The number of rotatable bonds is 9. The van der Waals surface area contributed by atoms with Crippen LogP contribution in [0.3, 0.4) is 0 Å². The number of nitrogens with one attached hydrogen (secondary N) is 1. The van der Waals surface area contributed by atoms with Crippen LogP contribution in [0.15, 0.2) is 52.1 Å². The summed E-state index contributed by atoms with van der Waals surface area (Å²) in [5.41, 5.74) is 1.24. The van der Waals surface area contributed by atoms with Gasteiger partial charge in [0.1, 0.15) is 0 Å². The zero-order valence-electron chi connectivity index (χ0n) is 22.2. The van der Waals surface area contributed by atoms with Crippen LogP contribution < -0.4 is 21.5 Å². The molecule has 1 N–H and O–H groups in total. The number of hydrogen-bond acceptors (Lipinski definition) is 6. The van der Waals surface area contributed by atoms with E-state index >= 15 is 0 Å². The quantitative estimate of drug-likeness (QED) is 0.434. The van der Waals surface area contributed by atoms with Crippen LogP contribution in [0.4, 0.5) is 16.2 Å². The molecule has 4 rings (SSSR count). The molecular weight excluding hydrogens is 486 g/mol. The number of methoxy groups -OCH3 is 1. The molecule has 0 unspecified atom stereocenters. The number of fused-ring (bicyclic) bond motifs is 1. The van der Waals surface area contributed by atoms with Gasteiger partial charge in [0.05, 0.1) is 24.1 Å². The number of Topliss-reactive ketones (excluding diaryl/α,β-unsaturated/α-hetero) is 1. The average molecular weight is 522 g/mol. The fourth-order valence-electron chi connectivity index (χ4n) is 4.78. The molecule has 10 heteroatoms. The first-order valence-electron chi connectivity index (χ1n) is 12.9. The summed E-state index contributed by atoms with van der Waals surface area (Å²) in [4.78, 5) is 55.1. The molecule has 2 aromatic carbocycles. The Bertz CT molecular complexity index is 1440. The Morgan fingerprint density at radius 2 is 1.74 bits per heavy atom. The number of amides is 2. The molecule has 0 bridgehead atoms. The Morgan fingerprint density at radius 1 is 0.974 bits per heavy atom. The summed E-state index contributed by atoms with van der Waals surface area (Å²) in [5.74, 6) is -0.0914. The third kappa shape index (κ3) is 6.03. The number of ether oxygens (including phenoxy) is 1. The van der Waals surface area contributed by atoms with Crippen LogP contribution in [-0.4, -0.2) is 66.2 Å². The van der Waals surface area contributed by atoms with Gasteiger partial charge in [-0.25, -0.2) is 9.59 Å². The summed E-state index contributed by atoms with van der Waals surface area (Å²) in [5, 5.41) is 3.17. The van der Waals surface area contributed by atoms with E-state index in [1.165, 1.54) is 29.9 Å². The third-order valence-electron chi connectivity index (χ3n) is 7.03. The van der Waals surface area contributed by atoms with Gasteiger partial charge < -0.3 is 15.0 Å². The highest BCUT2D eigenvalue weighted by Crippen LogP contribution is 2.20. The number of carbonyl (C=O) groups is 2. The van der Waals surface area contributed by atoms with Gasteiger partial charge in [0.15, 0.2) is 5.78 Å². The minimum Gasteiger partial charge on any atom is -0.383 e. The lowest BCUT2D eigenvalue weighted by Gasteiger charge is -2.27. The summed E-state index contributed by atoms with van der Waals surface area (Å²) in [6.07, 6.45) is 3.53. The molecule has 1 fully saturated rings. The molecule has 2 amide bonds. The highest BCUT2D eigenvalue weighted by molar-refractivity contribution is 6.03. The lowest BCUT2D eigenvalue weighted by atomic mass is 10.1. The van der Waals surface area contributed by atoms with Gasteiger partial charge in [0.2, 0.25) is 0 Å². The van der Waals surface area contributed by atoms with Crippen molar-refractivity contribution in [1.29, 1.82) is 0 Å². The Morgan fingerprint density at radius 3 is 2.45 bits per heavy atom. The van der Waals surface area contributed by atoms with Crippen LogP contribution in [0.1, 0.15) is 36.5 Å². The van der Waals surface area contributed by atoms with E-state index in [1.54, 1.807) is 54.1 Å². The van der Waals surface area contributed by atoms with Crippen LogP contribution in [-0.2, 0) is 17.8 Å². The maximum atomic E-state index is 13.3. The smallest absolute Gasteiger partial charge is 0.331 e. The minimum absolute atomic E-state index is 0.0914. The monoisotopic (exact) mass is 521 g/mol. The summed E-state index contributed by atoms with van der Waals surface area (Å²) in [7, 11) is 3.13. The Balaban J connectivity index is 1.65. The number of likely N-dealkylation sites (tertiary alicyclic amines) is 1. The van der Waals surface area contributed by atoms with E-state index in [2.05, 4.69) is 10.2 Å². The second-order valence-corrected chi connectivity index (χ2v) is 9.61. The van der Waals surface area contributed by atoms with Crippen molar-refractivity contribution in [3.05, 3.63) is 68.9 Å². The van der Waals surface area contributed by atoms with E-state index < -0.39 is 11.6 Å². The molecule has 202 valence electrons. The van der Waals surface area contributed by atoms with Gasteiger partial charge in [-0.2, -0.15) is 0 Å². The van der Waals surface area contributed by atoms with Gasteiger partial charge in [0.25, 0.3) is 5.56 Å². The van der Waals surface area contributed by atoms with Crippen molar-refractivity contribution in [3.8, 4) is 0 Å². The zero-order chi connectivity index (χ0) is 27.2. The number of hydrogen-bond donors (Lipinski definition) is 1. The topological polar surface area (TPSA) is 106 Å². The number of anilines is 2. The molecule has 0 spiro atoms. The van der Waals surface area contributed by atoms with Crippen molar-refractivity contribution in [2.75, 3.05) is 50.6 Å². The SMILES string of the molecule is COCCn1c(=O)c2cc(NC(=O)N(C)c3cccc(C(C)=O)c3)ccc2n(CCN2CCCCC2)c1=O. The van der Waals surface area contributed by atoms with Gasteiger partial charge in [0, 0.05) is 44.2 Å². The lowest BCUT2D eigenvalue weighted by Crippen LogP contribution is -2.43. The number of aromatic nitrogens is 2. The van der Waals surface area contributed by atoms with Crippen molar-refractivity contribution in [3.63, 3.8) is 0 Å². The van der Waals surface area contributed by atoms with Crippen LogP contribution in [0.25, 0.3) is 10.9 Å². The molecule has 1 aliphatic heterocycles. The van der Waals surface area contributed by atoms with Crippen molar-refractivity contribution in [2.24, 2.45) is 0 Å². The Hall–Kier alpha value is -3.76. The number of nitrogens with zero attached hydrogens (tertiary/aromatic N) is 4. The number of carbonyl (C=O) groups excluding carboxylic acids is 2. The normalized spacial score (nSPS) is 14.0. The number of piperidine rings is 1. The summed E-state index contributed by atoms with van der Waals surface area (Å²) in [6, 6.07) is 11.4. The number of urea groups is 1. The average Bonchev–Trinajstić information content (AvgIpc) is 2.93. The van der Waals surface area contributed by atoms with Crippen LogP contribution in [0, 0.1) is 0 Å². The van der Waals surface area contributed by atoms with E-state index in [-0.39, 0.29) is 24.6 Å². The van der Waals surface area contributed by atoms with Crippen molar-refractivity contribution in [1.82, 2.24) is 14.0 Å². The summed E-state index contributed by atoms with van der Waals surface area (Å²) >= 11 is 0. The summed E-state index contributed by atoms with van der Waals surface area (Å²) < 4.78 is 7.98. The zero-order valence-corrected chi connectivity index (χ0v) is 22.2. The molecule has 0 aliphatic carbocycles. The molecular formula is C28H35N5O5. The summed E-state index contributed by atoms with van der Waals surface area (Å²) in [6.45, 7) is 5.04. The van der Waals surface area contributed by atoms with Crippen molar-refractivity contribution >= 4 is 34.1 Å². The third-order valence-corrected chi connectivity index (χ3v) is 7.03. The molecule has 2 heterocycles. The molecule has 10 nitrogen and oxygen atoms in total. The fourth-order valence-corrected chi connectivity index (χ4v) is 4.78. The van der Waals surface area contributed by atoms with Gasteiger partial charge in [-0.1, -0.05) is 18.6 Å². The van der Waals surface area contributed by atoms with Gasteiger partial charge in [-0.3, -0.25) is 23.6 Å². The van der Waals surface area contributed by atoms with E-state index in [4.69, 9.17) is 4.74 Å². The molecule has 1 aromatic heterocycles. The van der Waals surface area contributed by atoms with Crippen LogP contribution in [0.5, 0.6) is 0 Å². The highest BCUT2D eigenvalue weighted by Gasteiger charge is 2.18. The predicted octanol–water partition coefficient (Wildman–Crippen LogP) is 3.17. The molecule has 38 heavy (non-hydrogen) atoms. The highest BCUT2D eigenvalue weighted by atomic mass is 16.5. The second-order valence-electron chi connectivity index (χ2n) is 9.61. The molecule has 1 aliphatic rings. The van der Waals surface area contributed by atoms with Crippen molar-refractivity contribution < 1.29 is 14.3 Å². The van der Waals surface area contributed by atoms with E-state index in [0.717, 1.165) is 32.5 Å². The van der Waals surface area contributed by atoms with Crippen LogP contribution >= 0.6 is 0 Å². The first-order valence-corrected chi connectivity index (χ1v) is 12.9. The maximum Gasteiger partial charge on any atom is 0.331 e. The molecule has 0 saturated carbocycles. The predicted molar refractivity (Wildman–Crippen MR) is 149 cm³/mol. The van der Waals surface area contributed by atoms with E-state index in [0.29, 0.717) is 34.4 Å².